The number of hydrogen-bond acceptors (Lipinski definition) is 3. The van der Waals surface area contributed by atoms with Crippen LogP contribution in [0.25, 0.3) is 5.57 Å². The quantitative estimate of drug-likeness (QED) is 0.311. The van der Waals surface area contributed by atoms with Crippen LogP contribution in [0, 0.1) is 0 Å². The Hall–Kier alpha value is -3.21. The molecule has 4 aromatic rings. The molecule has 0 unspecified atom stereocenters. The smallest absolute Gasteiger partial charge is 0.140 e. The van der Waals surface area contributed by atoms with E-state index >= 15 is 0 Å². The Morgan fingerprint density at radius 1 is 0.744 bits per heavy atom. The maximum atomic E-state index is 11.0. The highest BCUT2D eigenvalue weighted by atomic mass is 32.2. The molecule has 2 nitrogen and oxygen atoms in total. The number of allylic oxidation sites excluding steroid dienone is 1. The van der Waals surface area contributed by atoms with E-state index < -0.39 is 11.2 Å². The molecule has 0 saturated carbocycles. The molecular weight excluding hydrogens is 495 g/mol. The van der Waals surface area contributed by atoms with Gasteiger partial charge in [-0.05, 0) is 97.7 Å². The summed E-state index contributed by atoms with van der Waals surface area (Å²) in [7, 11) is 2.25. The van der Waals surface area contributed by atoms with Crippen molar-refractivity contribution in [3.05, 3.63) is 124 Å². The summed E-state index contributed by atoms with van der Waals surface area (Å²) in [5, 5.41) is 11.0. The summed E-state index contributed by atoms with van der Waals surface area (Å²) in [6, 6.07) is 31.2. The lowest BCUT2D eigenvalue weighted by Crippen LogP contribution is -2.49. The third kappa shape index (κ3) is 3.34. The molecule has 39 heavy (non-hydrogen) atoms. The van der Waals surface area contributed by atoms with Crippen LogP contribution < -0.4 is 10.2 Å². The highest BCUT2D eigenvalue weighted by molar-refractivity contribution is 7.99. The van der Waals surface area contributed by atoms with E-state index in [1.54, 1.807) is 0 Å². The molecule has 7 rings (SSSR count). The van der Waals surface area contributed by atoms with Crippen LogP contribution >= 0.6 is 11.8 Å². The number of ether oxygens (including phenoxy) is 1. The average molecular weight is 529 g/mol. The van der Waals surface area contributed by atoms with Gasteiger partial charge in [0.05, 0.1) is 11.0 Å². The summed E-state index contributed by atoms with van der Waals surface area (Å²) in [5.74, 6) is 0.852. The molecule has 0 amide bonds. The lowest BCUT2D eigenvalue weighted by Gasteiger charge is -2.42. The number of benzene rings is 4. The highest BCUT2D eigenvalue weighted by Crippen LogP contribution is 2.64. The normalized spacial score (nSPS) is 16.7. The summed E-state index contributed by atoms with van der Waals surface area (Å²) in [4.78, 5) is 2.66. The van der Waals surface area contributed by atoms with Crippen LogP contribution in [0.2, 0.25) is 0 Å². The van der Waals surface area contributed by atoms with Crippen LogP contribution in [0.3, 0.4) is 0 Å². The molecule has 0 saturated heterocycles. The second-order valence-corrected chi connectivity index (χ2v) is 13.2. The SMILES string of the molecule is Bc1cccc2c1C1=C(CCc3cccc(OC(C)(C)C(C)(C)O)c31)C21c2ccccc2Sc2ccccc21. The lowest BCUT2D eigenvalue weighted by atomic mass is 9.64. The first-order valence-electron chi connectivity index (χ1n) is 13.9. The minimum atomic E-state index is -1.01. The van der Waals surface area contributed by atoms with Crippen molar-refractivity contribution in [2.75, 3.05) is 0 Å². The van der Waals surface area contributed by atoms with E-state index in [0.29, 0.717) is 0 Å². The van der Waals surface area contributed by atoms with Crippen LogP contribution in [-0.4, -0.2) is 24.2 Å². The molecule has 0 radical (unpaired) electrons. The third-order valence-corrected chi connectivity index (χ3v) is 10.5. The van der Waals surface area contributed by atoms with E-state index in [2.05, 4.69) is 92.8 Å². The van der Waals surface area contributed by atoms with Crippen molar-refractivity contribution in [2.24, 2.45) is 0 Å². The predicted octanol–water partition coefficient (Wildman–Crippen LogP) is 6.43. The molecule has 3 aliphatic rings. The molecule has 0 bridgehead atoms. The fourth-order valence-electron chi connectivity index (χ4n) is 6.82. The first-order chi connectivity index (χ1) is 18.6. The van der Waals surface area contributed by atoms with Crippen molar-refractivity contribution in [3.8, 4) is 5.75 Å². The topological polar surface area (TPSA) is 29.5 Å². The van der Waals surface area contributed by atoms with Crippen molar-refractivity contribution in [1.82, 2.24) is 0 Å². The Morgan fingerprint density at radius 2 is 1.36 bits per heavy atom. The maximum absolute atomic E-state index is 11.0. The van der Waals surface area contributed by atoms with Crippen molar-refractivity contribution in [1.29, 1.82) is 0 Å². The summed E-state index contributed by atoms with van der Waals surface area (Å²) in [6.45, 7) is 7.60. The van der Waals surface area contributed by atoms with E-state index in [9.17, 15) is 5.11 Å². The molecule has 1 spiro atoms. The molecule has 4 aromatic carbocycles. The number of rotatable bonds is 3. The van der Waals surface area contributed by atoms with Crippen molar-refractivity contribution in [2.45, 2.75) is 66.9 Å². The van der Waals surface area contributed by atoms with Crippen LogP contribution in [0.1, 0.15) is 67.5 Å². The van der Waals surface area contributed by atoms with Gasteiger partial charge in [-0.25, -0.2) is 0 Å². The molecule has 194 valence electrons. The van der Waals surface area contributed by atoms with Crippen LogP contribution in [0.5, 0.6) is 5.75 Å². The lowest BCUT2D eigenvalue weighted by molar-refractivity contribution is -0.0908. The monoisotopic (exact) mass is 528 g/mol. The second-order valence-electron chi connectivity index (χ2n) is 12.2. The van der Waals surface area contributed by atoms with Gasteiger partial charge in [0.2, 0.25) is 0 Å². The number of fused-ring (bicyclic) bond motifs is 10. The summed E-state index contributed by atoms with van der Waals surface area (Å²) < 4.78 is 6.75. The Morgan fingerprint density at radius 3 is 2.03 bits per heavy atom. The van der Waals surface area contributed by atoms with Gasteiger partial charge in [-0.15, -0.1) is 0 Å². The molecule has 0 atom stereocenters. The standard InChI is InChI=1S/C35H33BO2S/c1-33(2,37)34(3,4)38-27-16-9-11-21-19-20-25-32(30(21)27)31-24(14-10-15-26(31)36)35(25)22-12-5-7-17-28(22)39-29-18-8-6-13-23(29)35/h5-18,37H,19-20,36H2,1-4H3. The average Bonchev–Trinajstić information content (AvgIpc) is 3.20. The number of hydrogen-bond donors (Lipinski definition) is 1. The Kier molecular flexibility index (Phi) is 5.34. The van der Waals surface area contributed by atoms with Crippen molar-refractivity contribution in [3.63, 3.8) is 0 Å². The van der Waals surface area contributed by atoms with E-state index in [-0.39, 0.29) is 5.41 Å². The number of aliphatic hydroxyl groups is 1. The van der Waals surface area contributed by atoms with E-state index in [0.717, 1.165) is 18.6 Å². The van der Waals surface area contributed by atoms with Gasteiger partial charge in [0.1, 0.15) is 19.2 Å². The van der Waals surface area contributed by atoms with Gasteiger partial charge in [-0.3, -0.25) is 0 Å². The molecule has 1 heterocycles. The van der Waals surface area contributed by atoms with Gasteiger partial charge in [0, 0.05) is 15.4 Å². The maximum Gasteiger partial charge on any atom is 0.140 e. The molecule has 0 fully saturated rings. The summed E-state index contributed by atoms with van der Waals surface area (Å²) in [6.07, 6.45) is 1.95. The van der Waals surface area contributed by atoms with Gasteiger partial charge >= 0.3 is 0 Å². The first-order valence-corrected chi connectivity index (χ1v) is 14.7. The fraction of sp³-hybridized carbons (Fsp3) is 0.257. The largest absolute Gasteiger partial charge is 0.484 e. The van der Waals surface area contributed by atoms with Gasteiger partial charge < -0.3 is 9.84 Å². The van der Waals surface area contributed by atoms with Crippen molar-refractivity contribution >= 4 is 30.6 Å². The highest BCUT2D eigenvalue weighted by Gasteiger charge is 2.53. The van der Waals surface area contributed by atoms with Crippen molar-refractivity contribution < 1.29 is 9.84 Å². The Balaban J connectivity index is 1.60. The zero-order valence-corrected chi connectivity index (χ0v) is 24.1. The minimum absolute atomic E-state index is 0.342. The van der Waals surface area contributed by atoms with E-state index in [4.69, 9.17) is 4.74 Å². The summed E-state index contributed by atoms with van der Waals surface area (Å²) >= 11 is 1.89. The minimum Gasteiger partial charge on any atom is -0.484 e. The molecule has 1 aliphatic heterocycles. The van der Waals surface area contributed by atoms with Gasteiger partial charge in [0.25, 0.3) is 0 Å². The van der Waals surface area contributed by atoms with Gasteiger partial charge in [-0.1, -0.05) is 84.0 Å². The van der Waals surface area contributed by atoms with Crippen LogP contribution in [-0.2, 0) is 11.8 Å². The zero-order chi connectivity index (χ0) is 27.2. The van der Waals surface area contributed by atoms with Crippen LogP contribution in [0.4, 0.5) is 0 Å². The molecular formula is C35H33BO2S. The second kappa shape index (κ2) is 8.40. The first kappa shape index (κ1) is 24.8. The summed E-state index contributed by atoms with van der Waals surface area (Å²) in [5.41, 5.74) is 9.93. The number of aryl methyl sites for hydroxylation is 1. The molecule has 1 N–H and O–H groups in total. The zero-order valence-electron chi connectivity index (χ0n) is 23.3. The van der Waals surface area contributed by atoms with Gasteiger partial charge in [-0.2, -0.15) is 0 Å². The molecule has 2 aliphatic carbocycles. The third-order valence-electron chi connectivity index (χ3n) is 9.33. The van der Waals surface area contributed by atoms with E-state index in [1.807, 2.05) is 39.5 Å². The Bertz CT molecular complexity index is 1650. The fourth-order valence-corrected chi connectivity index (χ4v) is 8.02. The van der Waals surface area contributed by atoms with Crippen LogP contribution in [0.15, 0.2) is 100 Å². The molecule has 0 aromatic heterocycles. The molecule has 4 heteroatoms. The van der Waals surface area contributed by atoms with E-state index in [1.165, 1.54) is 59.8 Å². The van der Waals surface area contributed by atoms with Gasteiger partial charge in [0.15, 0.2) is 0 Å². The predicted molar refractivity (Wildman–Crippen MR) is 163 cm³/mol. The Labute approximate surface area is 236 Å².